The van der Waals surface area contributed by atoms with Gasteiger partial charge in [0.25, 0.3) is 0 Å². The molecule has 1 fully saturated rings. The van der Waals surface area contributed by atoms with Gasteiger partial charge in [0.15, 0.2) is 0 Å². The van der Waals surface area contributed by atoms with Crippen LogP contribution in [0.15, 0.2) is 24.3 Å². The number of benzene rings is 1. The van der Waals surface area contributed by atoms with E-state index in [1.54, 1.807) is 24.3 Å². The van der Waals surface area contributed by atoms with Crippen molar-refractivity contribution in [2.24, 2.45) is 0 Å². The van der Waals surface area contributed by atoms with Crippen molar-refractivity contribution in [3.8, 4) is 11.5 Å². The highest BCUT2D eigenvalue weighted by Gasteiger charge is 2.13. The van der Waals surface area contributed by atoms with Crippen molar-refractivity contribution < 1.29 is 9.84 Å². The first-order chi connectivity index (χ1) is 6.84. The zero-order valence-electron chi connectivity index (χ0n) is 8.07. The number of hydrogen-bond acceptors (Lipinski definition) is 3. The number of aromatic hydroxyl groups is 1. The van der Waals surface area contributed by atoms with Gasteiger partial charge in [0.1, 0.15) is 18.1 Å². The molecule has 1 atom stereocenters. The van der Waals surface area contributed by atoms with E-state index < -0.39 is 0 Å². The fourth-order valence-electron chi connectivity index (χ4n) is 1.64. The van der Waals surface area contributed by atoms with Crippen LogP contribution in [0.3, 0.4) is 0 Å². The fraction of sp³-hybridized carbons (Fsp3) is 0.455. The van der Waals surface area contributed by atoms with Gasteiger partial charge in [-0.3, -0.25) is 0 Å². The molecule has 14 heavy (non-hydrogen) atoms. The third-order valence-electron chi connectivity index (χ3n) is 2.45. The van der Waals surface area contributed by atoms with Crippen LogP contribution in [0.1, 0.15) is 12.8 Å². The number of hydrogen-bond donors (Lipinski definition) is 2. The molecular weight excluding hydrogens is 178 g/mol. The minimum absolute atomic E-state index is 0.274. The van der Waals surface area contributed by atoms with Crippen LogP contribution in [-0.4, -0.2) is 24.3 Å². The summed E-state index contributed by atoms with van der Waals surface area (Å²) in [4.78, 5) is 0. The molecule has 0 aliphatic carbocycles. The van der Waals surface area contributed by atoms with E-state index in [1.165, 1.54) is 12.8 Å². The SMILES string of the molecule is Oc1ccc(OC[C@H]2CCCN2)cc1. The van der Waals surface area contributed by atoms with E-state index in [0.29, 0.717) is 12.6 Å². The average molecular weight is 193 g/mol. The Morgan fingerprint density at radius 2 is 2.14 bits per heavy atom. The van der Waals surface area contributed by atoms with Crippen molar-refractivity contribution in [2.45, 2.75) is 18.9 Å². The Morgan fingerprint density at radius 3 is 2.79 bits per heavy atom. The molecular formula is C11H15NO2. The second kappa shape index (κ2) is 4.33. The molecule has 2 rings (SSSR count). The van der Waals surface area contributed by atoms with Crippen molar-refractivity contribution in [3.63, 3.8) is 0 Å². The highest BCUT2D eigenvalue weighted by molar-refractivity contribution is 5.30. The maximum absolute atomic E-state index is 9.07. The molecule has 1 aromatic rings. The van der Waals surface area contributed by atoms with Gasteiger partial charge in [-0.1, -0.05) is 0 Å². The second-order valence-electron chi connectivity index (χ2n) is 3.60. The number of phenolic OH excluding ortho intramolecular Hbond substituents is 1. The Kier molecular flexibility index (Phi) is 2.89. The Bertz CT molecular complexity index is 278. The van der Waals surface area contributed by atoms with Crippen LogP contribution in [0.2, 0.25) is 0 Å². The summed E-state index contributed by atoms with van der Waals surface area (Å²) in [5, 5.41) is 12.4. The fourth-order valence-corrected chi connectivity index (χ4v) is 1.64. The van der Waals surface area contributed by atoms with E-state index in [-0.39, 0.29) is 5.75 Å². The van der Waals surface area contributed by atoms with Crippen molar-refractivity contribution >= 4 is 0 Å². The average Bonchev–Trinajstić information content (AvgIpc) is 2.70. The van der Waals surface area contributed by atoms with Gasteiger partial charge in [-0.05, 0) is 43.7 Å². The minimum atomic E-state index is 0.274. The summed E-state index contributed by atoms with van der Waals surface area (Å²) < 4.78 is 5.57. The Morgan fingerprint density at radius 1 is 1.36 bits per heavy atom. The summed E-state index contributed by atoms with van der Waals surface area (Å²) in [7, 11) is 0. The van der Waals surface area contributed by atoms with E-state index in [2.05, 4.69) is 5.32 Å². The molecule has 0 unspecified atom stereocenters. The third kappa shape index (κ3) is 2.39. The highest BCUT2D eigenvalue weighted by Crippen LogP contribution is 2.16. The summed E-state index contributed by atoms with van der Waals surface area (Å²) in [6, 6.07) is 7.33. The van der Waals surface area contributed by atoms with Gasteiger partial charge in [0, 0.05) is 6.04 Å². The molecule has 0 spiro atoms. The van der Waals surface area contributed by atoms with Crippen LogP contribution in [0.5, 0.6) is 11.5 Å². The molecule has 3 nitrogen and oxygen atoms in total. The van der Waals surface area contributed by atoms with Gasteiger partial charge in [-0.25, -0.2) is 0 Å². The van der Waals surface area contributed by atoms with Crippen LogP contribution in [0.4, 0.5) is 0 Å². The number of rotatable bonds is 3. The Hall–Kier alpha value is -1.22. The summed E-state index contributed by atoms with van der Waals surface area (Å²) in [5.74, 6) is 1.09. The largest absolute Gasteiger partial charge is 0.508 e. The van der Waals surface area contributed by atoms with Crippen LogP contribution in [-0.2, 0) is 0 Å². The second-order valence-corrected chi connectivity index (χ2v) is 3.60. The van der Waals surface area contributed by atoms with Gasteiger partial charge in [0.05, 0.1) is 0 Å². The van der Waals surface area contributed by atoms with Crippen LogP contribution in [0.25, 0.3) is 0 Å². The first kappa shape index (κ1) is 9.34. The standard InChI is InChI=1S/C11H15NO2/c13-10-3-5-11(6-4-10)14-8-9-2-1-7-12-9/h3-6,9,12-13H,1-2,7-8H2/t9-/m1/s1. The van der Waals surface area contributed by atoms with Gasteiger partial charge >= 0.3 is 0 Å². The van der Waals surface area contributed by atoms with E-state index in [9.17, 15) is 0 Å². The lowest BCUT2D eigenvalue weighted by molar-refractivity contribution is 0.277. The molecule has 1 saturated heterocycles. The third-order valence-corrected chi connectivity index (χ3v) is 2.45. The zero-order chi connectivity index (χ0) is 9.80. The lowest BCUT2D eigenvalue weighted by Gasteiger charge is -2.11. The molecule has 2 N–H and O–H groups in total. The number of phenols is 1. The maximum atomic E-state index is 9.07. The molecule has 1 aliphatic heterocycles. The first-order valence-electron chi connectivity index (χ1n) is 5.00. The Balaban J connectivity index is 1.82. The molecule has 1 heterocycles. The van der Waals surface area contributed by atoms with E-state index in [0.717, 1.165) is 12.3 Å². The van der Waals surface area contributed by atoms with Crippen molar-refractivity contribution in [1.82, 2.24) is 5.32 Å². The van der Waals surface area contributed by atoms with Crippen LogP contribution in [0, 0.1) is 0 Å². The molecule has 0 saturated carbocycles. The van der Waals surface area contributed by atoms with Gasteiger partial charge in [-0.2, -0.15) is 0 Å². The molecule has 1 aromatic carbocycles. The summed E-state index contributed by atoms with van der Waals surface area (Å²) in [6.07, 6.45) is 2.43. The maximum Gasteiger partial charge on any atom is 0.119 e. The van der Waals surface area contributed by atoms with Gasteiger partial charge in [0.2, 0.25) is 0 Å². The van der Waals surface area contributed by atoms with Crippen LogP contribution < -0.4 is 10.1 Å². The molecule has 0 bridgehead atoms. The van der Waals surface area contributed by atoms with Crippen molar-refractivity contribution in [1.29, 1.82) is 0 Å². The molecule has 0 amide bonds. The highest BCUT2D eigenvalue weighted by atomic mass is 16.5. The summed E-state index contributed by atoms with van der Waals surface area (Å²) >= 11 is 0. The molecule has 1 aliphatic rings. The van der Waals surface area contributed by atoms with Gasteiger partial charge in [-0.15, -0.1) is 0 Å². The van der Waals surface area contributed by atoms with Gasteiger partial charge < -0.3 is 15.2 Å². The van der Waals surface area contributed by atoms with Crippen LogP contribution >= 0.6 is 0 Å². The summed E-state index contributed by atoms with van der Waals surface area (Å²) in [6.45, 7) is 1.81. The zero-order valence-corrected chi connectivity index (χ0v) is 8.07. The molecule has 0 aromatic heterocycles. The molecule has 76 valence electrons. The van der Waals surface area contributed by atoms with E-state index >= 15 is 0 Å². The molecule has 3 heteroatoms. The molecule has 0 radical (unpaired) electrons. The van der Waals surface area contributed by atoms with Crippen molar-refractivity contribution in [2.75, 3.05) is 13.2 Å². The smallest absolute Gasteiger partial charge is 0.119 e. The van der Waals surface area contributed by atoms with Crippen molar-refractivity contribution in [3.05, 3.63) is 24.3 Å². The monoisotopic (exact) mass is 193 g/mol. The Labute approximate surface area is 83.7 Å². The summed E-state index contributed by atoms with van der Waals surface area (Å²) in [5.41, 5.74) is 0. The predicted molar refractivity (Wildman–Crippen MR) is 54.6 cm³/mol. The minimum Gasteiger partial charge on any atom is -0.508 e. The normalized spacial score (nSPS) is 21.0. The number of nitrogens with one attached hydrogen (secondary N) is 1. The van der Waals surface area contributed by atoms with E-state index in [4.69, 9.17) is 9.84 Å². The number of ether oxygens (including phenoxy) is 1. The van der Waals surface area contributed by atoms with E-state index in [1.807, 2.05) is 0 Å². The quantitative estimate of drug-likeness (QED) is 0.764. The predicted octanol–water partition coefficient (Wildman–Crippen LogP) is 1.52. The lowest BCUT2D eigenvalue weighted by atomic mass is 10.2. The first-order valence-corrected chi connectivity index (χ1v) is 5.00. The lowest BCUT2D eigenvalue weighted by Crippen LogP contribution is -2.28. The topological polar surface area (TPSA) is 41.5 Å².